The molecule has 1 aliphatic rings. The topological polar surface area (TPSA) is 55.6 Å². The molecule has 0 bridgehead atoms. The first-order valence-electron chi connectivity index (χ1n) is 9.21. The fraction of sp³-hybridized carbons (Fsp3) is 0.650. The van der Waals surface area contributed by atoms with E-state index in [1.54, 1.807) is 0 Å². The summed E-state index contributed by atoms with van der Waals surface area (Å²) in [4.78, 5) is 14.5. The molecule has 142 valence electrons. The van der Waals surface area contributed by atoms with E-state index in [-0.39, 0.29) is 24.2 Å². The Hall–Kier alpha value is -1.10. The molecule has 1 aromatic carbocycles. The van der Waals surface area contributed by atoms with Gasteiger partial charge in [0.1, 0.15) is 0 Å². The number of ether oxygens (including phenoxy) is 1. The summed E-state index contributed by atoms with van der Waals surface area (Å²) in [5.41, 5.74) is 8.10. The lowest BCUT2D eigenvalue weighted by atomic mass is 9.88. The Morgan fingerprint density at radius 3 is 2.28 bits per heavy atom. The van der Waals surface area contributed by atoms with Crippen molar-refractivity contribution in [3.05, 3.63) is 35.4 Å². The number of benzene rings is 1. The number of nitrogens with two attached hydrogens (primary N) is 1. The van der Waals surface area contributed by atoms with Crippen LogP contribution in [0.3, 0.4) is 0 Å². The lowest BCUT2D eigenvalue weighted by Gasteiger charge is -2.35. The number of rotatable bonds is 8. The number of carbonyl (C=O) groups is 1. The molecule has 2 unspecified atom stereocenters. The molecule has 1 aliphatic heterocycles. The van der Waals surface area contributed by atoms with Crippen molar-refractivity contribution in [2.45, 2.75) is 52.0 Å². The lowest BCUT2D eigenvalue weighted by Crippen LogP contribution is -2.44. The Kier molecular flexibility index (Phi) is 9.47. The van der Waals surface area contributed by atoms with Crippen LogP contribution in [0.5, 0.6) is 0 Å². The zero-order valence-electron chi connectivity index (χ0n) is 15.7. The van der Waals surface area contributed by atoms with E-state index in [4.69, 9.17) is 10.5 Å². The Labute approximate surface area is 158 Å². The number of morpholine rings is 1. The van der Waals surface area contributed by atoms with Gasteiger partial charge in [-0.1, -0.05) is 45.0 Å². The third-order valence-electron chi connectivity index (χ3n) is 4.91. The molecule has 2 rings (SSSR count). The van der Waals surface area contributed by atoms with Gasteiger partial charge in [-0.15, -0.1) is 12.4 Å². The Morgan fingerprint density at radius 2 is 1.80 bits per heavy atom. The van der Waals surface area contributed by atoms with E-state index in [0.29, 0.717) is 12.0 Å². The van der Waals surface area contributed by atoms with Crippen molar-refractivity contribution >= 4 is 18.3 Å². The maximum absolute atomic E-state index is 12.1. The third kappa shape index (κ3) is 6.61. The van der Waals surface area contributed by atoms with Crippen LogP contribution in [0, 0.1) is 5.92 Å². The van der Waals surface area contributed by atoms with E-state index in [9.17, 15) is 4.79 Å². The normalized spacial score (nSPS) is 17.8. The van der Waals surface area contributed by atoms with Crippen molar-refractivity contribution < 1.29 is 9.53 Å². The molecule has 1 saturated heterocycles. The summed E-state index contributed by atoms with van der Waals surface area (Å²) in [6.45, 7) is 10.1. The minimum Gasteiger partial charge on any atom is -0.379 e. The van der Waals surface area contributed by atoms with Crippen LogP contribution in [0.2, 0.25) is 0 Å². The highest BCUT2D eigenvalue weighted by molar-refractivity contribution is 5.85. The van der Waals surface area contributed by atoms with Crippen LogP contribution in [0.25, 0.3) is 0 Å². The second kappa shape index (κ2) is 10.8. The van der Waals surface area contributed by atoms with Crippen molar-refractivity contribution in [2.75, 3.05) is 26.3 Å². The van der Waals surface area contributed by atoms with Gasteiger partial charge in [-0.3, -0.25) is 9.69 Å². The average molecular weight is 369 g/mol. The quantitative estimate of drug-likeness (QED) is 0.765. The first-order valence-corrected chi connectivity index (χ1v) is 9.21. The van der Waals surface area contributed by atoms with E-state index in [1.165, 1.54) is 5.56 Å². The molecule has 25 heavy (non-hydrogen) atoms. The minimum atomic E-state index is -0.224. The van der Waals surface area contributed by atoms with E-state index in [1.807, 2.05) is 0 Å². The summed E-state index contributed by atoms with van der Waals surface area (Å²) >= 11 is 0. The summed E-state index contributed by atoms with van der Waals surface area (Å²) in [6.07, 6.45) is 2.87. The van der Waals surface area contributed by atoms with Crippen LogP contribution in [-0.4, -0.2) is 43.2 Å². The van der Waals surface area contributed by atoms with Crippen LogP contribution < -0.4 is 5.73 Å². The summed E-state index contributed by atoms with van der Waals surface area (Å²) in [6, 6.07) is 8.82. The van der Waals surface area contributed by atoms with Crippen molar-refractivity contribution in [1.29, 1.82) is 0 Å². The van der Waals surface area contributed by atoms with Crippen LogP contribution in [0.15, 0.2) is 24.3 Å². The number of halogens is 1. The van der Waals surface area contributed by atoms with Crippen molar-refractivity contribution in [3.8, 4) is 0 Å². The molecule has 1 heterocycles. The molecule has 1 aromatic rings. The van der Waals surface area contributed by atoms with Gasteiger partial charge < -0.3 is 10.5 Å². The molecular weight excluding hydrogens is 336 g/mol. The average Bonchev–Trinajstić information content (AvgIpc) is 2.57. The number of amides is 1. The fourth-order valence-electron chi connectivity index (χ4n) is 3.56. The monoisotopic (exact) mass is 368 g/mol. The summed E-state index contributed by atoms with van der Waals surface area (Å²) < 4.78 is 5.44. The van der Waals surface area contributed by atoms with Crippen LogP contribution in [0.4, 0.5) is 0 Å². The molecule has 1 fully saturated rings. The molecule has 4 nitrogen and oxygen atoms in total. The SMILES string of the molecule is CCC(CC(C(N)=O)c1ccc(CC(C)C)cc1)N1CCOCC1.Cl. The van der Waals surface area contributed by atoms with Gasteiger partial charge in [-0.2, -0.15) is 0 Å². The molecular formula is C20H33ClN2O2. The first kappa shape index (κ1) is 21.9. The number of hydrogen-bond donors (Lipinski definition) is 1. The van der Waals surface area contributed by atoms with Gasteiger partial charge in [0.15, 0.2) is 0 Å². The van der Waals surface area contributed by atoms with Crippen molar-refractivity contribution in [1.82, 2.24) is 4.90 Å². The van der Waals surface area contributed by atoms with Gasteiger partial charge in [0.25, 0.3) is 0 Å². The van der Waals surface area contributed by atoms with Gasteiger partial charge in [-0.05, 0) is 36.3 Å². The standard InChI is InChI=1S/C20H32N2O2.ClH/c1-4-18(22-9-11-24-12-10-22)14-19(20(21)23)17-7-5-16(6-8-17)13-15(2)3;/h5-8,15,18-19H,4,9-14H2,1-3H3,(H2,21,23);1H. The van der Waals surface area contributed by atoms with E-state index in [2.05, 4.69) is 49.9 Å². The van der Waals surface area contributed by atoms with Crippen LogP contribution >= 0.6 is 12.4 Å². The number of carbonyl (C=O) groups excluding carboxylic acids is 1. The maximum Gasteiger partial charge on any atom is 0.225 e. The fourth-order valence-corrected chi connectivity index (χ4v) is 3.56. The van der Waals surface area contributed by atoms with Gasteiger partial charge in [0, 0.05) is 19.1 Å². The van der Waals surface area contributed by atoms with Gasteiger partial charge in [0.05, 0.1) is 19.1 Å². The molecule has 1 amide bonds. The van der Waals surface area contributed by atoms with Crippen LogP contribution in [-0.2, 0) is 16.0 Å². The molecule has 0 aromatic heterocycles. The molecule has 0 radical (unpaired) electrons. The Bertz CT molecular complexity index is 513. The molecule has 5 heteroatoms. The number of nitrogens with zero attached hydrogens (tertiary/aromatic N) is 1. The molecule has 2 N–H and O–H groups in total. The van der Waals surface area contributed by atoms with Crippen molar-refractivity contribution in [3.63, 3.8) is 0 Å². The molecule has 0 spiro atoms. The van der Waals surface area contributed by atoms with Crippen molar-refractivity contribution in [2.24, 2.45) is 11.7 Å². The van der Waals surface area contributed by atoms with Gasteiger partial charge in [-0.25, -0.2) is 0 Å². The highest BCUT2D eigenvalue weighted by Gasteiger charge is 2.26. The second-order valence-corrected chi connectivity index (χ2v) is 7.24. The predicted molar refractivity (Wildman–Crippen MR) is 105 cm³/mol. The molecule has 0 aliphatic carbocycles. The van der Waals surface area contributed by atoms with Gasteiger partial charge in [0.2, 0.25) is 5.91 Å². The molecule has 0 saturated carbocycles. The summed E-state index contributed by atoms with van der Waals surface area (Å²) in [5.74, 6) is 0.192. The lowest BCUT2D eigenvalue weighted by molar-refractivity contribution is -0.120. The zero-order valence-corrected chi connectivity index (χ0v) is 16.6. The smallest absolute Gasteiger partial charge is 0.225 e. The highest BCUT2D eigenvalue weighted by Crippen LogP contribution is 2.26. The highest BCUT2D eigenvalue weighted by atomic mass is 35.5. The van der Waals surface area contributed by atoms with E-state index in [0.717, 1.165) is 51.1 Å². The van der Waals surface area contributed by atoms with Gasteiger partial charge >= 0.3 is 0 Å². The van der Waals surface area contributed by atoms with E-state index < -0.39 is 0 Å². The largest absolute Gasteiger partial charge is 0.379 e. The van der Waals surface area contributed by atoms with E-state index >= 15 is 0 Å². The third-order valence-corrected chi connectivity index (χ3v) is 4.91. The Balaban J connectivity index is 0.00000312. The number of primary amides is 1. The first-order chi connectivity index (χ1) is 11.5. The Morgan fingerprint density at radius 1 is 1.20 bits per heavy atom. The summed E-state index contributed by atoms with van der Waals surface area (Å²) in [7, 11) is 0. The minimum absolute atomic E-state index is 0. The predicted octanol–water partition coefficient (Wildman–Crippen LogP) is 3.38. The zero-order chi connectivity index (χ0) is 17.5. The summed E-state index contributed by atoms with van der Waals surface area (Å²) in [5, 5.41) is 0. The van der Waals surface area contributed by atoms with Crippen LogP contribution in [0.1, 0.15) is 50.7 Å². The number of hydrogen-bond acceptors (Lipinski definition) is 3. The molecule has 2 atom stereocenters. The maximum atomic E-state index is 12.1. The second-order valence-electron chi connectivity index (χ2n) is 7.24.